The molecule has 0 spiro atoms. The normalized spacial score (nSPS) is 21.4. The minimum atomic E-state index is -0.446. The van der Waals surface area contributed by atoms with Crippen molar-refractivity contribution in [2.45, 2.75) is 39.3 Å². The third-order valence-electron chi connectivity index (χ3n) is 2.49. The first-order valence-corrected chi connectivity index (χ1v) is 6.22. The van der Waals surface area contributed by atoms with Gasteiger partial charge in [0, 0.05) is 13.1 Å². The highest BCUT2D eigenvalue weighted by atomic mass is 16.6. The van der Waals surface area contributed by atoms with Crippen molar-refractivity contribution in [3.63, 3.8) is 0 Å². The Morgan fingerprint density at radius 1 is 1.53 bits per heavy atom. The summed E-state index contributed by atoms with van der Waals surface area (Å²) in [6, 6.07) is 0.0681. The van der Waals surface area contributed by atoms with Gasteiger partial charge in [0.2, 0.25) is 0 Å². The first kappa shape index (κ1) is 14.3. The van der Waals surface area contributed by atoms with Crippen LogP contribution in [-0.2, 0) is 9.47 Å². The molecule has 0 bridgehead atoms. The quantitative estimate of drug-likeness (QED) is 0.811. The predicted molar refractivity (Wildman–Crippen MR) is 66.1 cm³/mol. The molecule has 1 aliphatic rings. The molecule has 5 nitrogen and oxygen atoms in total. The number of carbonyl (C=O) groups excluding carboxylic acids is 1. The Bertz CT molecular complexity index is 251. The first-order chi connectivity index (χ1) is 7.94. The number of hydrogen-bond acceptors (Lipinski definition) is 4. The molecule has 1 atom stereocenters. The number of nitrogens with one attached hydrogen (secondary N) is 1. The molecule has 1 amide bonds. The summed E-state index contributed by atoms with van der Waals surface area (Å²) in [6.07, 6.45) is -0.247. The third kappa shape index (κ3) is 4.91. The van der Waals surface area contributed by atoms with Gasteiger partial charge in [-0.15, -0.1) is 0 Å². The van der Waals surface area contributed by atoms with Crippen LogP contribution < -0.4 is 5.32 Å². The smallest absolute Gasteiger partial charge is 0.410 e. The molecule has 1 unspecified atom stereocenters. The summed E-state index contributed by atoms with van der Waals surface area (Å²) >= 11 is 0. The Morgan fingerprint density at radius 2 is 2.24 bits per heavy atom. The fourth-order valence-electron chi connectivity index (χ4n) is 1.70. The van der Waals surface area contributed by atoms with Gasteiger partial charge in [-0.2, -0.15) is 0 Å². The van der Waals surface area contributed by atoms with Crippen molar-refractivity contribution in [1.82, 2.24) is 10.2 Å². The molecular weight excluding hydrogens is 220 g/mol. The van der Waals surface area contributed by atoms with E-state index >= 15 is 0 Å². The second kappa shape index (κ2) is 6.21. The van der Waals surface area contributed by atoms with Gasteiger partial charge in [0.25, 0.3) is 0 Å². The van der Waals surface area contributed by atoms with Gasteiger partial charge in [0.15, 0.2) is 0 Å². The Morgan fingerprint density at radius 3 is 2.82 bits per heavy atom. The fourth-order valence-corrected chi connectivity index (χ4v) is 1.70. The average molecular weight is 244 g/mol. The molecule has 1 rings (SSSR count). The van der Waals surface area contributed by atoms with Gasteiger partial charge < -0.3 is 14.8 Å². The van der Waals surface area contributed by atoms with Crippen LogP contribution in [0.1, 0.15) is 27.7 Å². The zero-order valence-electron chi connectivity index (χ0n) is 11.3. The van der Waals surface area contributed by atoms with Gasteiger partial charge in [-0.3, -0.25) is 4.90 Å². The van der Waals surface area contributed by atoms with Crippen molar-refractivity contribution in [3.05, 3.63) is 0 Å². The molecule has 100 valence electrons. The highest BCUT2D eigenvalue weighted by Gasteiger charge is 2.30. The van der Waals surface area contributed by atoms with Crippen LogP contribution in [0, 0.1) is 0 Å². The number of carbonyl (C=O) groups is 1. The maximum absolute atomic E-state index is 12.0. The van der Waals surface area contributed by atoms with Gasteiger partial charge >= 0.3 is 6.09 Å². The summed E-state index contributed by atoms with van der Waals surface area (Å²) in [5.74, 6) is 0. The monoisotopic (exact) mass is 244 g/mol. The summed E-state index contributed by atoms with van der Waals surface area (Å²) in [5, 5.41) is 3.24. The highest BCUT2D eigenvalue weighted by Crippen LogP contribution is 2.14. The molecule has 5 heteroatoms. The molecule has 1 aliphatic heterocycles. The van der Waals surface area contributed by atoms with Gasteiger partial charge in [0.1, 0.15) is 5.60 Å². The molecule has 0 aromatic rings. The van der Waals surface area contributed by atoms with Gasteiger partial charge in [-0.25, -0.2) is 4.79 Å². The van der Waals surface area contributed by atoms with Crippen molar-refractivity contribution < 1.29 is 14.3 Å². The number of rotatable bonds is 3. The lowest BCUT2D eigenvalue weighted by molar-refractivity contribution is -0.0316. The zero-order chi connectivity index (χ0) is 12.9. The summed E-state index contributed by atoms with van der Waals surface area (Å²) in [4.78, 5) is 13.8. The van der Waals surface area contributed by atoms with Crippen molar-refractivity contribution in [3.8, 4) is 0 Å². The van der Waals surface area contributed by atoms with Crippen LogP contribution in [0.15, 0.2) is 0 Å². The summed E-state index contributed by atoms with van der Waals surface area (Å²) in [7, 11) is 0. The first-order valence-electron chi connectivity index (χ1n) is 6.22. The highest BCUT2D eigenvalue weighted by molar-refractivity contribution is 5.68. The molecular formula is C12H24N2O3. The van der Waals surface area contributed by atoms with E-state index in [1.165, 1.54) is 0 Å². The molecule has 0 aromatic heterocycles. The molecule has 1 heterocycles. The van der Waals surface area contributed by atoms with Crippen LogP contribution in [0.2, 0.25) is 0 Å². The van der Waals surface area contributed by atoms with Gasteiger partial charge in [-0.05, 0) is 27.3 Å². The van der Waals surface area contributed by atoms with E-state index in [-0.39, 0.29) is 12.1 Å². The zero-order valence-corrected chi connectivity index (χ0v) is 11.3. The lowest BCUT2D eigenvalue weighted by Crippen LogP contribution is -2.54. The number of hydrogen-bond donors (Lipinski definition) is 1. The summed E-state index contributed by atoms with van der Waals surface area (Å²) < 4.78 is 10.8. The molecule has 0 aromatic carbocycles. The number of morpholine rings is 1. The number of likely N-dealkylation sites (N-methyl/N-ethyl adjacent to an activating group) is 1. The van der Waals surface area contributed by atoms with Gasteiger partial charge in [0.05, 0.1) is 19.3 Å². The van der Waals surface area contributed by atoms with Crippen LogP contribution >= 0.6 is 0 Å². The van der Waals surface area contributed by atoms with Crippen molar-refractivity contribution in [1.29, 1.82) is 0 Å². The predicted octanol–water partition coefficient (Wildman–Crippen LogP) is 1.23. The number of nitrogens with zero attached hydrogens (tertiary/aromatic N) is 1. The maximum atomic E-state index is 12.0. The van der Waals surface area contributed by atoms with E-state index in [1.807, 2.05) is 27.7 Å². The number of ether oxygens (including phenoxy) is 2. The molecule has 0 radical (unpaired) electrons. The SMILES string of the molecule is CCNCC1COCCN1C(=O)OC(C)(C)C. The van der Waals surface area contributed by atoms with E-state index in [1.54, 1.807) is 4.90 Å². The maximum Gasteiger partial charge on any atom is 0.410 e. The Hall–Kier alpha value is -0.810. The van der Waals surface area contributed by atoms with Crippen LogP contribution in [-0.4, -0.2) is 55.5 Å². The van der Waals surface area contributed by atoms with Crippen molar-refractivity contribution >= 4 is 6.09 Å². The second-order valence-electron chi connectivity index (χ2n) is 5.21. The van der Waals surface area contributed by atoms with Gasteiger partial charge in [-0.1, -0.05) is 6.92 Å². The fraction of sp³-hybridized carbons (Fsp3) is 0.917. The topological polar surface area (TPSA) is 50.8 Å². The summed E-state index contributed by atoms with van der Waals surface area (Å²) in [5.41, 5.74) is -0.446. The second-order valence-corrected chi connectivity index (χ2v) is 5.21. The minimum absolute atomic E-state index is 0.0681. The number of amides is 1. The lowest BCUT2D eigenvalue weighted by Gasteiger charge is -2.36. The van der Waals surface area contributed by atoms with Crippen LogP contribution in [0.25, 0.3) is 0 Å². The third-order valence-corrected chi connectivity index (χ3v) is 2.49. The molecule has 0 aliphatic carbocycles. The van der Waals surface area contributed by atoms with E-state index in [0.29, 0.717) is 19.8 Å². The van der Waals surface area contributed by atoms with Crippen LogP contribution in [0.3, 0.4) is 0 Å². The molecule has 0 saturated carbocycles. The lowest BCUT2D eigenvalue weighted by atomic mass is 10.2. The largest absolute Gasteiger partial charge is 0.444 e. The minimum Gasteiger partial charge on any atom is -0.444 e. The van der Waals surface area contributed by atoms with E-state index in [2.05, 4.69) is 5.32 Å². The average Bonchev–Trinajstić information content (AvgIpc) is 2.24. The van der Waals surface area contributed by atoms with E-state index in [4.69, 9.17) is 9.47 Å². The molecule has 1 fully saturated rings. The summed E-state index contributed by atoms with van der Waals surface area (Å²) in [6.45, 7) is 11.1. The Balaban J connectivity index is 2.54. The van der Waals surface area contributed by atoms with E-state index in [9.17, 15) is 4.79 Å². The standard InChI is InChI=1S/C12H24N2O3/c1-5-13-8-10-9-16-7-6-14(10)11(15)17-12(2,3)4/h10,13H,5-9H2,1-4H3. The van der Waals surface area contributed by atoms with Crippen molar-refractivity contribution in [2.24, 2.45) is 0 Å². The van der Waals surface area contributed by atoms with E-state index in [0.717, 1.165) is 13.1 Å². The molecule has 17 heavy (non-hydrogen) atoms. The van der Waals surface area contributed by atoms with Crippen molar-refractivity contribution in [2.75, 3.05) is 32.8 Å². The van der Waals surface area contributed by atoms with Crippen LogP contribution in [0.4, 0.5) is 4.79 Å². The van der Waals surface area contributed by atoms with Crippen LogP contribution in [0.5, 0.6) is 0 Å². The Kier molecular flexibility index (Phi) is 5.21. The van der Waals surface area contributed by atoms with E-state index < -0.39 is 5.60 Å². The molecule has 1 saturated heterocycles. The molecule has 1 N–H and O–H groups in total. The Labute approximate surface area is 103 Å².